The summed E-state index contributed by atoms with van der Waals surface area (Å²) in [7, 11) is 0. The van der Waals surface area contributed by atoms with E-state index in [9.17, 15) is 9.59 Å². The molecule has 2 aromatic rings. The van der Waals surface area contributed by atoms with Crippen LogP contribution in [-0.2, 0) is 4.74 Å². The van der Waals surface area contributed by atoms with Crippen LogP contribution in [0.4, 0.5) is 0 Å². The number of aromatic nitrogens is 1. The second kappa shape index (κ2) is 4.59. The zero-order valence-corrected chi connectivity index (χ0v) is 9.88. The molecule has 1 aromatic heterocycles. The first-order valence-corrected chi connectivity index (χ1v) is 5.49. The second-order valence-electron chi connectivity index (χ2n) is 3.41. The molecule has 0 saturated heterocycles. The molecule has 1 aromatic carbocycles. The third kappa shape index (κ3) is 1.91. The molecule has 0 fully saturated rings. The molecule has 0 aliphatic heterocycles. The summed E-state index contributed by atoms with van der Waals surface area (Å²) >= 11 is 5.98. The number of rotatable bonds is 3. The maximum atomic E-state index is 11.6. The van der Waals surface area contributed by atoms with Crippen molar-refractivity contribution in [3.8, 4) is 0 Å². The van der Waals surface area contributed by atoms with Crippen molar-refractivity contribution in [2.75, 3.05) is 6.61 Å². The van der Waals surface area contributed by atoms with Crippen molar-refractivity contribution in [1.82, 2.24) is 4.98 Å². The fourth-order valence-electron chi connectivity index (χ4n) is 1.69. The molecule has 0 atom stereocenters. The van der Waals surface area contributed by atoms with Gasteiger partial charge in [0.15, 0.2) is 6.29 Å². The number of ether oxygens (including phenoxy) is 1. The highest BCUT2D eigenvalue weighted by Crippen LogP contribution is 2.27. The average molecular weight is 252 g/mol. The first-order valence-electron chi connectivity index (χ1n) is 5.11. The fourth-order valence-corrected chi connectivity index (χ4v) is 1.91. The van der Waals surface area contributed by atoms with Gasteiger partial charge in [-0.05, 0) is 13.0 Å². The Morgan fingerprint density at radius 2 is 2.29 bits per heavy atom. The Bertz CT molecular complexity index is 589. The van der Waals surface area contributed by atoms with Crippen molar-refractivity contribution in [2.45, 2.75) is 6.92 Å². The van der Waals surface area contributed by atoms with Crippen LogP contribution in [0.3, 0.4) is 0 Å². The topological polar surface area (TPSA) is 59.2 Å². The Hall–Kier alpha value is -1.81. The van der Waals surface area contributed by atoms with E-state index in [-0.39, 0.29) is 17.9 Å². The molecule has 0 bridgehead atoms. The van der Waals surface area contributed by atoms with Crippen LogP contribution in [0.2, 0.25) is 5.02 Å². The fraction of sp³-hybridized carbons (Fsp3) is 0.167. The summed E-state index contributed by atoms with van der Waals surface area (Å²) in [6, 6.07) is 5.13. The minimum atomic E-state index is -0.554. The number of hydrogen-bond acceptors (Lipinski definition) is 3. The molecule has 88 valence electrons. The summed E-state index contributed by atoms with van der Waals surface area (Å²) in [5.41, 5.74) is 0.991. The van der Waals surface area contributed by atoms with Gasteiger partial charge in [-0.1, -0.05) is 23.7 Å². The van der Waals surface area contributed by atoms with Crippen LogP contribution in [0.5, 0.6) is 0 Å². The lowest BCUT2D eigenvalue weighted by Crippen LogP contribution is -2.07. The number of halogens is 1. The second-order valence-corrected chi connectivity index (χ2v) is 3.82. The van der Waals surface area contributed by atoms with Crippen LogP contribution in [-0.4, -0.2) is 23.8 Å². The van der Waals surface area contributed by atoms with Crippen molar-refractivity contribution >= 4 is 34.8 Å². The number of benzene rings is 1. The number of carbonyl (C=O) groups excluding carboxylic acids is 2. The highest BCUT2D eigenvalue weighted by atomic mass is 35.5. The smallest absolute Gasteiger partial charge is 0.355 e. The van der Waals surface area contributed by atoms with Crippen LogP contribution in [0.25, 0.3) is 10.9 Å². The Labute approximate surface area is 103 Å². The number of para-hydroxylation sites is 1. The molecule has 0 saturated carbocycles. The first-order chi connectivity index (χ1) is 8.19. The quantitative estimate of drug-likeness (QED) is 0.674. The van der Waals surface area contributed by atoms with Gasteiger partial charge < -0.3 is 9.72 Å². The normalized spacial score (nSPS) is 10.5. The van der Waals surface area contributed by atoms with Gasteiger partial charge in [0, 0.05) is 5.39 Å². The van der Waals surface area contributed by atoms with Gasteiger partial charge in [-0.15, -0.1) is 0 Å². The first kappa shape index (κ1) is 11.7. The summed E-state index contributed by atoms with van der Waals surface area (Å²) in [4.78, 5) is 25.5. The van der Waals surface area contributed by atoms with Crippen LogP contribution in [0.1, 0.15) is 27.8 Å². The summed E-state index contributed by atoms with van der Waals surface area (Å²) in [6.45, 7) is 1.95. The van der Waals surface area contributed by atoms with E-state index in [1.165, 1.54) is 0 Å². The molecule has 1 N–H and O–H groups in total. The highest BCUT2D eigenvalue weighted by molar-refractivity contribution is 6.35. The van der Waals surface area contributed by atoms with Gasteiger partial charge in [-0.2, -0.15) is 0 Å². The number of carbonyl (C=O) groups is 2. The van der Waals surface area contributed by atoms with Crippen molar-refractivity contribution < 1.29 is 14.3 Å². The predicted molar refractivity (Wildman–Crippen MR) is 64.7 cm³/mol. The molecule has 1 heterocycles. The molecule has 17 heavy (non-hydrogen) atoms. The Balaban J connectivity index is 2.68. The molecule has 0 spiro atoms. The number of hydrogen-bond donors (Lipinski definition) is 1. The van der Waals surface area contributed by atoms with Crippen molar-refractivity contribution in [2.24, 2.45) is 0 Å². The Kier molecular flexibility index (Phi) is 3.15. The molecular weight excluding hydrogens is 242 g/mol. The monoisotopic (exact) mass is 251 g/mol. The molecule has 0 aliphatic carbocycles. The zero-order chi connectivity index (χ0) is 12.4. The lowest BCUT2D eigenvalue weighted by molar-refractivity contribution is 0.0518. The van der Waals surface area contributed by atoms with Gasteiger partial charge in [0.05, 0.1) is 22.7 Å². The van der Waals surface area contributed by atoms with E-state index in [0.717, 1.165) is 0 Å². The molecule has 0 radical (unpaired) electrons. The number of esters is 1. The van der Waals surface area contributed by atoms with E-state index in [4.69, 9.17) is 16.3 Å². The van der Waals surface area contributed by atoms with E-state index in [1.54, 1.807) is 25.1 Å². The van der Waals surface area contributed by atoms with Gasteiger partial charge in [0.1, 0.15) is 5.69 Å². The minimum Gasteiger partial charge on any atom is -0.461 e. The lowest BCUT2D eigenvalue weighted by atomic mass is 10.1. The number of H-pyrrole nitrogens is 1. The molecule has 5 heteroatoms. The van der Waals surface area contributed by atoms with Crippen molar-refractivity contribution in [3.63, 3.8) is 0 Å². The molecule has 0 amide bonds. The van der Waals surface area contributed by atoms with Gasteiger partial charge in [-0.25, -0.2) is 4.79 Å². The SMILES string of the molecule is CCOC(=O)c1[nH]c2c(Cl)cccc2c1C=O. The zero-order valence-electron chi connectivity index (χ0n) is 9.12. The lowest BCUT2D eigenvalue weighted by Gasteiger charge is -1.98. The van der Waals surface area contributed by atoms with Gasteiger partial charge >= 0.3 is 5.97 Å². The van der Waals surface area contributed by atoms with Gasteiger partial charge in [0.2, 0.25) is 0 Å². The third-order valence-corrected chi connectivity index (χ3v) is 2.74. The summed E-state index contributed by atoms with van der Waals surface area (Å²) in [5.74, 6) is -0.554. The molecular formula is C12H10ClNO3. The summed E-state index contributed by atoms with van der Waals surface area (Å²) < 4.78 is 4.87. The number of aldehydes is 1. The molecule has 0 aliphatic rings. The molecule has 2 rings (SSSR count). The van der Waals surface area contributed by atoms with Gasteiger partial charge in [0.25, 0.3) is 0 Å². The van der Waals surface area contributed by atoms with E-state index < -0.39 is 5.97 Å². The number of nitrogens with one attached hydrogen (secondary N) is 1. The standard InChI is InChI=1S/C12H10ClNO3/c1-2-17-12(16)11-8(6-15)7-4-3-5-9(13)10(7)14-11/h3-6,14H,2H2,1H3. The largest absolute Gasteiger partial charge is 0.461 e. The van der Waals surface area contributed by atoms with Crippen LogP contribution >= 0.6 is 11.6 Å². The average Bonchev–Trinajstić information content (AvgIpc) is 2.69. The van der Waals surface area contributed by atoms with Crippen molar-refractivity contribution in [3.05, 3.63) is 34.5 Å². The Morgan fingerprint density at radius 1 is 1.53 bits per heavy atom. The van der Waals surface area contributed by atoms with E-state index in [1.807, 2.05) is 0 Å². The summed E-state index contributed by atoms with van der Waals surface area (Å²) in [6.07, 6.45) is 0.626. The molecule has 0 unspecified atom stereocenters. The Morgan fingerprint density at radius 3 is 2.94 bits per heavy atom. The molecule has 4 nitrogen and oxygen atoms in total. The van der Waals surface area contributed by atoms with Crippen LogP contribution in [0, 0.1) is 0 Å². The van der Waals surface area contributed by atoms with Crippen molar-refractivity contribution in [1.29, 1.82) is 0 Å². The third-order valence-electron chi connectivity index (χ3n) is 2.42. The van der Waals surface area contributed by atoms with Crippen LogP contribution in [0.15, 0.2) is 18.2 Å². The maximum absolute atomic E-state index is 11.6. The van der Waals surface area contributed by atoms with E-state index >= 15 is 0 Å². The van der Waals surface area contributed by atoms with Crippen LogP contribution < -0.4 is 0 Å². The van der Waals surface area contributed by atoms with E-state index in [2.05, 4.69) is 4.98 Å². The van der Waals surface area contributed by atoms with E-state index in [0.29, 0.717) is 22.2 Å². The number of fused-ring (bicyclic) bond motifs is 1. The minimum absolute atomic E-state index is 0.143. The van der Waals surface area contributed by atoms with Gasteiger partial charge in [-0.3, -0.25) is 4.79 Å². The maximum Gasteiger partial charge on any atom is 0.355 e. The highest BCUT2D eigenvalue weighted by Gasteiger charge is 2.19. The number of aromatic amines is 1. The summed E-state index contributed by atoms with van der Waals surface area (Å²) in [5, 5.41) is 1.08. The predicted octanol–water partition coefficient (Wildman–Crippen LogP) is 2.81.